The topological polar surface area (TPSA) is 27.7 Å². The molecule has 156 valence electrons. The van der Waals surface area contributed by atoms with E-state index < -0.39 is 0 Å². The van der Waals surface area contributed by atoms with Gasteiger partial charge >= 0.3 is 0 Å². The molecule has 33 heavy (non-hydrogen) atoms. The van der Waals surface area contributed by atoms with Gasteiger partial charge in [0, 0.05) is 31.8 Å². The Bertz CT molecular complexity index is 1740. The third-order valence-electron chi connectivity index (χ3n) is 6.48. The minimum atomic E-state index is 0.717. The van der Waals surface area contributed by atoms with Crippen molar-refractivity contribution in [3.63, 3.8) is 0 Å². The first-order valence-electron chi connectivity index (χ1n) is 11.0. The van der Waals surface area contributed by atoms with Crippen molar-refractivity contribution in [3.05, 3.63) is 102 Å². The van der Waals surface area contributed by atoms with Crippen LogP contribution in [-0.4, -0.2) is 0 Å². The highest BCUT2D eigenvalue weighted by Crippen LogP contribution is 2.46. The molecular weight excluding hydrogens is 420 g/mol. The summed E-state index contributed by atoms with van der Waals surface area (Å²) in [6, 6.07) is 32.0. The predicted octanol–water partition coefficient (Wildman–Crippen LogP) is 7.55. The van der Waals surface area contributed by atoms with E-state index in [1.807, 2.05) is 24.3 Å². The smallest absolute Gasteiger partial charge is 0.200 e. The van der Waals surface area contributed by atoms with Gasteiger partial charge in [-0.25, -0.2) is 4.57 Å². The Kier molecular flexibility index (Phi) is 4.50. The summed E-state index contributed by atoms with van der Waals surface area (Å²) < 4.78 is 4.67. The minimum Gasteiger partial charge on any atom is -0.200 e. The number of hydrogen-bond acceptors (Lipinski definition) is 2. The Morgan fingerprint density at radius 1 is 0.727 bits per heavy atom. The molecule has 0 amide bonds. The standard InChI is InChI=1S/C30H21N2S/c1-19-12-14-24-25-15-13-22(18-31)27(21-9-4-3-5-10-21)30(25)33-29(24)26(19)28-23-11-7-6-8-20(23)16-17-32(28)2/h3-17H,1-2H3/q+1. The van der Waals surface area contributed by atoms with Crippen molar-refractivity contribution in [1.29, 1.82) is 5.26 Å². The number of pyridine rings is 1. The van der Waals surface area contributed by atoms with Crippen LogP contribution in [-0.2, 0) is 7.05 Å². The summed E-state index contributed by atoms with van der Waals surface area (Å²) in [6.07, 6.45) is 2.15. The molecule has 0 atom stereocenters. The van der Waals surface area contributed by atoms with Crippen LogP contribution in [0.1, 0.15) is 11.1 Å². The van der Waals surface area contributed by atoms with Gasteiger partial charge in [-0.1, -0.05) is 66.7 Å². The summed E-state index contributed by atoms with van der Waals surface area (Å²) in [5.74, 6) is 0. The van der Waals surface area contributed by atoms with E-state index in [0.717, 1.165) is 11.1 Å². The second-order valence-electron chi connectivity index (χ2n) is 8.44. The van der Waals surface area contributed by atoms with E-state index in [1.54, 1.807) is 11.3 Å². The zero-order chi connectivity index (χ0) is 22.5. The summed E-state index contributed by atoms with van der Waals surface area (Å²) >= 11 is 1.80. The molecule has 0 unspecified atom stereocenters. The molecule has 3 heteroatoms. The summed E-state index contributed by atoms with van der Waals surface area (Å²) in [5.41, 5.74) is 6.58. The van der Waals surface area contributed by atoms with Crippen LogP contribution in [0.15, 0.2) is 91.1 Å². The number of hydrogen-bond donors (Lipinski definition) is 0. The SMILES string of the molecule is Cc1ccc2c(sc3c(-c4ccccc4)c(C#N)ccc32)c1-c1c2ccccc2cc[n+]1C. The number of thiophene rings is 1. The van der Waals surface area contributed by atoms with E-state index in [1.165, 1.54) is 47.8 Å². The molecule has 0 fully saturated rings. The maximum absolute atomic E-state index is 9.90. The van der Waals surface area contributed by atoms with Crippen LogP contribution in [0.3, 0.4) is 0 Å². The molecule has 0 N–H and O–H groups in total. The van der Waals surface area contributed by atoms with Crippen LogP contribution in [0.4, 0.5) is 0 Å². The third-order valence-corrected chi connectivity index (χ3v) is 7.74. The van der Waals surface area contributed by atoms with Gasteiger partial charge in [-0.3, -0.25) is 0 Å². The Labute approximate surface area is 196 Å². The van der Waals surface area contributed by atoms with Crippen LogP contribution in [0.2, 0.25) is 0 Å². The molecule has 0 spiro atoms. The second kappa shape index (κ2) is 7.55. The third kappa shape index (κ3) is 2.96. The van der Waals surface area contributed by atoms with E-state index in [2.05, 4.69) is 91.5 Å². The van der Waals surface area contributed by atoms with Gasteiger partial charge in [-0.2, -0.15) is 5.26 Å². The lowest BCUT2D eigenvalue weighted by Crippen LogP contribution is -2.30. The van der Waals surface area contributed by atoms with Crippen molar-refractivity contribution in [1.82, 2.24) is 0 Å². The average Bonchev–Trinajstić information content (AvgIpc) is 3.23. The predicted molar refractivity (Wildman–Crippen MR) is 138 cm³/mol. The van der Waals surface area contributed by atoms with Gasteiger partial charge in [0.1, 0.15) is 7.05 Å². The van der Waals surface area contributed by atoms with Gasteiger partial charge in [0.15, 0.2) is 6.20 Å². The Morgan fingerprint density at radius 2 is 1.42 bits per heavy atom. The van der Waals surface area contributed by atoms with Crippen LogP contribution in [0.25, 0.3) is 53.3 Å². The molecule has 0 aliphatic rings. The number of nitrogens with zero attached hydrogens (tertiary/aromatic N) is 2. The van der Waals surface area contributed by atoms with Gasteiger partial charge in [0.05, 0.1) is 22.6 Å². The van der Waals surface area contributed by atoms with E-state index in [4.69, 9.17) is 0 Å². The summed E-state index contributed by atoms with van der Waals surface area (Å²) in [5, 5.41) is 14.8. The van der Waals surface area contributed by atoms with E-state index in [9.17, 15) is 5.26 Å². The Hall–Kier alpha value is -4.00. The van der Waals surface area contributed by atoms with Crippen molar-refractivity contribution >= 4 is 42.3 Å². The molecule has 2 nitrogen and oxygen atoms in total. The quantitative estimate of drug-likeness (QED) is 0.255. The number of rotatable bonds is 2. The first-order chi connectivity index (χ1) is 16.2. The molecule has 0 radical (unpaired) electrons. The van der Waals surface area contributed by atoms with Gasteiger partial charge in [0.25, 0.3) is 0 Å². The molecule has 2 aromatic heterocycles. The highest BCUT2D eigenvalue weighted by atomic mass is 32.1. The average molecular weight is 442 g/mol. The van der Waals surface area contributed by atoms with Crippen LogP contribution >= 0.6 is 11.3 Å². The van der Waals surface area contributed by atoms with Gasteiger partial charge in [0.2, 0.25) is 5.69 Å². The first-order valence-corrected chi connectivity index (χ1v) is 11.8. The molecule has 6 rings (SSSR count). The largest absolute Gasteiger partial charge is 0.221 e. The van der Waals surface area contributed by atoms with E-state index in [0.29, 0.717) is 5.56 Å². The summed E-state index contributed by atoms with van der Waals surface area (Å²) in [4.78, 5) is 0. The van der Waals surface area contributed by atoms with E-state index >= 15 is 0 Å². The number of fused-ring (bicyclic) bond motifs is 4. The normalized spacial score (nSPS) is 11.3. The molecule has 0 saturated carbocycles. The molecule has 2 heterocycles. The van der Waals surface area contributed by atoms with Crippen LogP contribution < -0.4 is 4.57 Å². The lowest BCUT2D eigenvalue weighted by Gasteiger charge is -2.09. The lowest BCUT2D eigenvalue weighted by molar-refractivity contribution is -0.659. The number of aryl methyl sites for hydroxylation is 2. The van der Waals surface area contributed by atoms with Gasteiger partial charge < -0.3 is 0 Å². The zero-order valence-electron chi connectivity index (χ0n) is 18.5. The molecule has 0 saturated heterocycles. The fraction of sp³-hybridized carbons (Fsp3) is 0.0667. The fourth-order valence-corrected chi connectivity index (χ4v) is 6.38. The highest BCUT2D eigenvalue weighted by Gasteiger charge is 2.23. The van der Waals surface area contributed by atoms with Gasteiger partial charge in [-0.15, -0.1) is 11.3 Å². The molecule has 6 aromatic rings. The lowest BCUT2D eigenvalue weighted by atomic mass is 9.95. The van der Waals surface area contributed by atoms with E-state index in [-0.39, 0.29) is 0 Å². The van der Waals surface area contributed by atoms with Crippen LogP contribution in [0, 0.1) is 18.3 Å². The van der Waals surface area contributed by atoms with Crippen molar-refractivity contribution < 1.29 is 4.57 Å². The second-order valence-corrected chi connectivity index (χ2v) is 9.46. The molecule has 0 bridgehead atoms. The number of aromatic nitrogens is 1. The zero-order valence-corrected chi connectivity index (χ0v) is 19.3. The molecular formula is C30H21N2S+. The minimum absolute atomic E-state index is 0.717. The molecule has 0 aliphatic carbocycles. The van der Waals surface area contributed by atoms with Crippen molar-refractivity contribution in [2.24, 2.45) is 7.05 Å². The Morgan fingerprint density at radius 3 is 2.21 bits per heavy atom. The molecule has 4 aromatic carbocycles. The van der Waals surface area contributed by atoms with Crippen LogP contribution in [0.5, 0.6) is 0 Å². The Balaban J connectivity index is 1.78. The number of nitriles is 1. The van der Waals surface area contributed by atoms with Gasteiger partial charge in [-0.05, 0) is 35.6 Å². The van der Waals surface area contributed by atoms with Crippen molar-refractivity contribution in [3.8, 4) is 28.5 Å². The maximum atomic E-state index is 9.90. The van der Waals surface area contributed by atoms with Crippen molar-refractivity contribution in [2.75, 3.05) is 0 Å². The fourth-order valence-electron chi connectivity index (χ4n) is 4.91. The highest BCUT2D eigenvalue weighted by molar-refractivity contribution is 7.27. The molecule has 0 aliphatic heterocycles. The summed E-state index contributed by atoms with van der Waals surface area (Å²) in [6.45, 7) is 2.19. The monoisotopic (exact) mass is 441 g/mol. The summed E-state index contributed by atoms with van der Waals surface area (Å²) in [7, 11) is 2.12. The maximum Gasteiger partial charge on any atom is 0.221 e. The first kappa shape index (κ1) is 19.7. The number of benzene rings is 4. The van der Waals surface area contributed by atoms with Crippen molar-refractivity contribution in [2.45, 2.75) is 6.92 Å².